The van der Waals surface area contributed by atoms with Gasteiger partial charge < -0.3 is 10.2 Å². The van der Waals surface area contributed by atoms with Crippen molar-refractivity contribution < 1.29 is 4.42 Å². The first-order chi connectivity index (χ1) is 7.25. The third-order valence-electron chi connectivity index (χ3n) is 3.15. The molecule has 1 fully saturated rings. The fourth-order valence-corrected chi connectivity index (χ4v) is 2.21. The molecule has 2 atom stereocenters. The van der Waals surface area contributed by atoms with Gasteiger partial charge in [-0.2, -0.15) is 0 Å². The summed E-state index contributed by atoms with van der Waals surface area (Å²) in [4.78, 5) is 6.55. The summed E-state index contributed by atoms with van der Waals surface area (Å²) in [6.07, 6.45) is 5.70. The Labute approximate surface area is 90.5 Å². The summed E-state index contributed by atoms with van der Waals surface area (Å²) in [6, 6.07) is 0.296. The van der Waals surface area contributed by atoms with Crippen molar-refractivity contribution in [3.63, 3.8) is 0 Å². The van der Waals surface area contributed by atoms with Crippen molar-refractivity contribution in [1.29, 1.82) is 0 Å². The van der Waals surface area contributed by atoms with Crippen LogP contribution in [0.5, 0.6) is 0 Å². The van der Waals surface area contributed by atoms with Gasteiger partial charge in [0.2, 0.25) is 0 Å². The van der Waals surface area contributed by atoms with Crippen molar-refractivity contribution in [3.8, 4) is 0 Å². The number of likely N-dealkylation sites (tertiary alicyclic amines) is 1. The highest BCUT2D eigenvalue weighted by molar-refractivity contribution is 4.92. The molecule has 0 radical (unpaired) electrons. The maximum atomic E-state index is 5.94. The third-order valence-corrected chi connectivity index (χ3v) is 3.15. The Kier molecular flexibility index (Phi) is 3.38. The molecule has 2 heterocycles. The smallest absolute Gasteiger partial charge is 0.180 e. The molecule has 0 aliphatic carbocycles. The number of nitrogens with two attached hydrogens (primary N) is 1. The van der Waals surface area contributed by atoms with E-state index in [2.05, 4.69) is 16.8 Å². The number of aromatic nitrogens is 1. The second-order valence-electron chi connectivity index (χ2n) is 4.48. The van der Waals surface area contributed by atoms with Gasteiger partial charge in [-0.3, -0.25) is 4.90 Å². The van der Waals surface area contributed by atoms with E-state index in [1.54, 1.807) is 6.26 Å². The molecule has 1 aliphatic rings. The monoisotopic (exact) mass is 209 g/mol. The summed E-state index contributed by atoms with van der Waals surface area (Å²) in [5.41, 5.74) is 6.96. The molecular formula is C11H19N3O. The van der Waals surface area contributed by atoms with Gasteiger partial charge in [-0.1, -0.05) is 0 Å². The average molecular weight is 209 g/mol. The lowest BCUT2D eigenvalue weighted by Gasteiger charge is -2.34. The van der Waals surface area contributed by atoms with Crippen LogP contribution < -0.4 is 5.73 Å². The van der Waals surface area contributed by atoms with E-state index < -0.39 is 0 Å². The van der Waals surface area contributed by atoms with Gasteiger partial charge in [-0.15, -0.1) is 0 Å². The van der Waals surface area contributed by atoms with E-state index in [9.17, 15) is 0 Å². The summed E-state index contributed by atoms with van der Waals surface area (Å²) in [7, 11) is 0. The normalized spacial score (nSPS) is 25.3. The maximum absolute atomic E-state index is 5.94. The largest absolute Gasteiger partial charge is 0.451 e. The molecule has 0 bridgehead atoms. The Morgan fingerprint density at radius 3 is 3.27 bits per heavy atom. The molecule has 2 unspecified atom stereocenters. The Balaban J connectivity index is 1.88. The Bertz CT molecular complexity index is 284. The first-order valence-electron chi connectivity index (χ1n) is 5.60. The van der Waals surface area contributed by atoms with Crippen molar-refractivity contribution in [2.45, 2.75) is 32.4 Å². The number of rotatable bonds is 3. The molecule has 1 aliphatic heterocycles. The van der Waals surface area contributed by atoms with Crippen LogP contribution in [0.1, 0.15) is 25.5 Å². The van der Waals surface area contributed by atoms with Crippen LogP contribution >= 0.6 is 0 Å². The molecular weight excluding hydrogens is 190 g/mol. The van der Waals surface area contributed by atoms with Gasteiger partial charge >= 0.3 is 0 Å². The number of nitrogens with zero attached hydrogens (tertiary/aromatic N) is 2. The molecule has 15 heavy (non-hydrogen) atoms. The van der Waals surface area contributed by atoms with Crippen LogP contribution in [0.15, 0.2) is 17.1 Å². The first-order valence-corrected chi connectivity index (χ1v) is 5.60. The molecule has 2 rings (SSSR count). The Morgan fingerprint density at radius 1 is 1.73 bits per heavy atom. The predicted octanol–water partition coefficient (Wildman–Crippen LogP) is 1.23. The zero-order valence-electron chi connectivity index (χ0n) is 9.22. The molecule has 2 N–H and O–H groups in total. The number of hydrogen-bond acceptors (Lipinski definition) is 4. The van der Waals surface area contributed by atoms with E-state index >= 15 is 0 Å². The fraction of sp³-hybridized carbons (Fsp3) is 0.727. The van der Waals surface area contributed by atoms with E-state index in [0.29, 0.717) is 12.0 Å². The maximum Gasteiger partial charge on any atom is 0.180 e. The lowest BCUT2D eigenvalue weighted by Crippen LogP contribution is -2.41. The molecule has 1 aromatic rings. The minimum Gasteiger partial charge on any atom is -0.451 e. The van der Waals surface area contributed by atoms with Gasteiger partial charge in [-0.25, -0.2) is 4.98 Å². The first kappa shape index (κ1) is 10.6. The second-order valence-corrected chi connectivity index (χ2v) is 4.48. The van der Waals surface area contributed by atoms with E-state index in [-0.39, 0.29) is 0 Å². The van der Waals surface area contributed by atoms with Crippen molar-refractivity contribution in [2.24, 2.45) is 11.7 Å². The minimum absolute atomic E-state index is 0.296. The molecule has 4 nitrogen and oxygen atoms in total. The van der Waals surface area contributed by atoms with Gasteiger partial charge in [0.25, 0.3) is 0 Å². The molecule has 1 saturated heterocycles. The van der Waals surface area contributed by atoms with Gasteiger partial charge in [0.1, 0.15) is 6.26 Å². The highest BCUT2D eigenvalue weighted by atomic mass is 16.3. The van der Waals surface area contributed by atoms with E-state index in [0.717, 1.165) is 25.3 Å². The molecule has 0 amide bonds. The van der Waals surface area contributed by atoms with Crippen LogP contribution in [0.25, 0.3) is 0 Å². The Hall–Kier alpha value is -0.870. The van der Waals surface area contributed by atoms with Gasteiger partial charge in [0.05, 0.1) is 5.69 Å². The summed E-state index contributed by atoms with van der Waals surface area (Å²) in [5, 5.41) is 0. The topological polar surface area (TPSA) is 55.3 Å². The number of piperidine rings is 1. The predicted molar refractivity (Wildman–Crippen MR) is 58.2 cm³/mol. The third kappa shape index (κ3) is 2.79. The van der Waals surface area contributed by atoms with Gasteiger partial charge in [0.15, 0.2) is 6.39 Å². The van der Waals surface area contributed by atoms with Gasteiger partial charge in [-0.05, 0) is 32.2 Å². The summed E-state index contributed by atoms with van der Waals surface area (Å²) in [6.45, 7) is 5.23. The SMILES string of the molecule is CC(N)C1CCCN(Cc2cocn2)C1. The van der Waals surface area contributed by atoms with Crippen molar-refractivity contribution in [3.05, 3.63) is 18.4 Å². The van der Waals surface area contributed by atoms with E-state index in [1.807, 2.05) is 0 Å². The molecule has 4 heteroatoms. The minimum atomic E-state index is 0.296. The highest BCUT2D eigenvalue weighted by Crippen LogP contribution is 2.19. The standard InChI is InChI=1S/C11H19N3O/c1-9(12)10-3-2-4-14(5-10)6-11-7-15-8-13-11/h7-10H,2-6,12H2,1H3. The molecule has 0 aromatic carbocycles. The summed E-state index contributed by atoms with van der Waals surface area (Å²) in [5.74, 6) is 0.630. The quantitative estimate of drug-likeness (QED) is 0.813. The van der Waals surface area contributed by atoms with Crippen LogP contribution in [0.4, 0.5) is 0 Å². The van der Waals surface area contributed by atoms with Crippen LogP contribution in [0.2, 0.25) is 0 Å². The molecule has 1 aromatic heterocycles. The van der Waals surface area contributed by atoms with Gasteiger partial charge in [0, 0.05) is 19.1 Å². The van der Waals surface area contributed by atoms with Crippen molar-refractivity contribution >= 4 is 0 Å². The van der Waals surface area contributed by atoms with Crippen molar-refractivity contribution in [2.75, 3.05) is 13.1 Å². The molecule has 84 valence electrons. The van der Waals surface area contributed by atoms with Crippen LogP contribution in [0, 0.1) is 5.92 Å². The zero-order valence-corrected chi connectivity index (χ0v) is 9.22. The molecule has 0 saturated carbocycles. The molecule has 0 spiro atoms. The number of oxazole rings is 1. The van der Waals surface area contributed by atoms with Crippen LogP contribution in [-0.4, -0.2) is 29.0 Å². The average Bonchev–Trinajstić information content (AvgIpc) is 2.71. The van der Waals surface area contributed by atoms with E-state index in [1.165, 1.54) is 19.2 Å². The summed E-state index contributed by atoms with van der Waals surface area (Å²) >= 11 is 0. The Morgan fingerprint density at radius 2 is 2.60 bits per heavy atom. The van der Waals surface area contributed by atoms with Crippen LogP contribution in [0.3, 0.4) is 0 Å². The zero-order chi connectivity index (χ0) is 10.7. The van der Waals surface area contributed by atoms with Crippen molar-refractivity contribution in [1.82, 2.24) is 9.88 Å². The second kappa shape index (κ2) is 4.77. The fourth-order valence-electron chi connectivity index (χ4n) is 2.21. The van der Waals surface area contributed by atoms with E-state index in [4.69, 9.17) is 10.2 Å². The highest BCUT2D eigenvalue weighted by Gasteiger charge is 2.22. The lowest BCUT2D eigenvalue weighted by atomic mass is 9.92. The summed E-state index contributed by atoms with van der Waals surface area (Å²) < 4.78 is 4.97. The lowest BCUT2D eigenvalue weighted by molar-refractivity contribution is 0.153. The number of hydrogen-bond donors (Lipinski definition) is 1. The van der Waals surface area contributed by atoms with Crippen LogP contribution in [-0.2, 0) is 6.54 Å².